The molecule has 0 saturated heterocycles. The Morgan fingerprint density at radius 2 is 1.95 bits per heavy atom. The maximum absolute atomic E-state index is 5.86. The molecule has 3 N–H and O–H groups in total. The molecule has 22 heavy (non-hydrogen) atoms. The highest BCUT2D eigenvalue weighted by atomic mass is 127. The van der Waals surface area contributed by atoms with Gasteiger partial charge in [0.25, 0.3) is 0 Å². The van der Waals surface area contributed by atoms with Crippen molar-refractivity contribution in [2.24, 2.45) is 10.7 Å². The van der Waals surface area contributed by atoms with E-state index in [9.17, 15) is 0 Å². The standard InChI is InChI=1S/C16H27N3O2.HI/c1-4-5-6-7-10-18-16(17)19-12-13-8-9-14(20-2)11-15(13)21-3;/h8-9,11H,4-7,10,12H2,1-3H3,(H3,17,18,19);1H. The predicted molar refractivity (Wildman–Crippen MR) is 102 cm³/mol. The van der Waals surface area contributed by atoms with Crippen molar-refractivity contribution in [2.45, 2.75) is 39.2 Å². The molecule has 0 aromatic heterocycles. The predicted octanol–water partition coefficient (Wildman–Crippen LogP) is 3.31. The monoisotopic (exact) mass is 421 g/mol. The van der Waals surface area contributed by atoms with Crippen LogP contribution >= 0.6 is 24.0 Å². The number of ether oxygens (including phenoxy) is 2. The van der Waals surface area contributed by atoms with Gasteiger partial charge in [-0.15, -0.1) is 24.0 Å². The quantitative estimate of drug-likeness (QED) is 0.278. The fourth-order valence-corrected chi connectivity index (χ4v) is 1.98. The van der Waals surface area contributed by atoms with Gasteiger partial charge < -0.3 is 20.5 Å². The number of rotatable bonds is 9. The number of benzene rings is 1. The number of nitrogens with zero attached hydrogens (tertiary/aromatic N) is 1. The van der Waals surface area contributed by atoms with E-state index in [-0.39, 0.29) is 24.0 Å². The van der Waals surface area contributed by atoms with Crippen molar-refractivity contribution in [3.05, 3.63) is 23.8 Å². The lowest BCUT2D eigenvalue weighted by Gasteiger charge is -2.09. The first kappa shape index (κ1) is 20.8. The first-order chi connectivity index (χ1) is 10.2. The van der Waals surface area contributed by atoms with E-state index in [1.165, 1.54) is 19.3 Å². The van der Waals surface area contributed by atoms with Gasteiger partial charge in [0.1, 0.15) is 11.5 Å². The van der Waals surface area contributed by atoms with Crippen molar-refractivity contribution >= 4 is 29.9 Å². The average molecular weight is 421 g/mol. The maximum Gasteiger partial charge on any atom is 0.188 e. The Labute approximate surface area is 150 Å². The Morgan fingerprint density at radius 1 is 1.18 bits per heavy atom. The van der Waals surface area contributed by atoms with Gasteiger partial charge in [-0.1, -0.05) is 26.2 Å². The van der Waals surface area contributed by atoms with Gasteiger partial charge >= 0.3 is 0 Å². The van der Waals surface area contributed by atoms with Crippen molar-refractivity contribution in [1.82, 2.24) is 5.32 Å². The minimum Gasteiger partial charge on any atom is -0.497 e. The lowest BCUT2D eigenvalue weighted by atomic mass is 10.2. The molecule has 0 aliphatic rings. The molecule has 0 saturated carbocycles. The second-order valence-electron chi connectivity index (χ2n) is 4.87. The number of hydrogen-bond acceptors (Lipinski definition) is 3. The number of methoxy groups -OCH3 is 2. The molecule has 5 nitrogen and oxygen atoms in total. The maximum atomic E-state index is 5.86. The molecular weight excluding hydrogens is 393 g/mol. The van der Waals surface area contributed by atoms with Crippen LogP contribution < -0.4 is 20.5 Å². The Bertz CT molecular complexity index is 453. The summed E-state index contributed by atoms with van der Waals surface area (Å²) >= 11 is 0. The van der Waals surface area contributed by atoms with Crippen molar-refractivity contribution < 1.29 is 9.47 Å². The van der Waals surface area contributed by atoms with Crippen LogP contribution in [0.5, 0.6) is 11.5 Å². The average Bonchev–Trinajstić information content (AvgIpc) is 2.52. The highest BCUT2D eigenvalue weighted by Crippen LogP contribution is 2.24. The van der Waals surface area contributed by atoms with E-state index in [4.69, 9.17) is 15.2 Å². The molecule has 1 aromatic carbocycles. The molecular formula is C16H28IN3O2. The molecule has 0 unspecified atom stereocenters. The molecule has 0 aliphatic heterocycles. The molecule has 0 amide bonds. The zero-order chi connectivity index (χ0) is 15.5. The van der Waals surface area contributed by atoms with E-state index >= 15 is 0 Å². The van der Waals surface area contributed by atoms with E-state index in [2.05, 4.69) is 17.2 Å². The van der Waals surface area contributed by atoms with Crippen LogP contribution in [0.25, 0.3) is 0 Å². The van der Waals surface area contributed by atoms with Crippen LogP contribution in [0.3, 0.4) is 0 Å². The first-order valence-electron chi connectivity index (χ1n) is 7.46. The highest BCUT2D eigenvalue weighted by molar-refractivity contribution is 14.0. The Balaban J connectivity index is 0.00000441. The van der Waals surface area contributed by atoms with Gasteiger partial charge in [0.15, 0.2) is 5.96 Å². The van der Waals surface area contributed by atoms with E-state index in [1.54, 1.807) is 14.2 Å². The Morgan fingerprint density at radius 3 is 2.59 bits per heavy atom. The molecule has 0 spiro atoms. The largest absolute Gasteiger partial charge is 0.497 e. The molecule has 0 fully saturated rings. The van der Waals surface area contributed by atoms with E-state index in [1.807, 2.05) is 18.2 Å². The number of nitrogens with two attached hydrogens (primary N) is 1. The molecule has 0 radical (unpaired) electrons. The van der Waals surface area contributed by atoms with Crippen LogP contribution in [0, 0.1) is 0 Å². The Hall–Kier alpha value is -1.18. The summed E-state index contributed by atoms with van der Waals surface area (Å²) in [5.74, 6) is 2.00. The summed E-state index contributed by atoms with van der Waals surface area (Å²) in [6.45, 7) is 3.56. The third kappa shape index (κ3) is 7.72. The molecule has 1 aromatic rings. The smallest absolute Gasteiger partial charge is 0.188 e. The van der Waals surface area contributed by atoms with Crippen LogP contribution in [-0.4, -0.2) is 26.7 Å². The summed E-state index contributed by atoms with van der Waals surface area (Å²) < 4.78 is 10.5. The number of nitrogens with one attached hydrogen (secondary N) is 1. The van der Waals surface area contributed by atoms with E-state index in [0.29, 0.717) is 12.5 Å². The van der Waals surface area contributed by atoms with Crippen LogP contribution in [0.4, 0.5) is 0 Å². The van der Waals surface area contributed by atoms with Crippen LogP contribution in [0.1, 0.15) is 38.2 Å². The van der Waals surface area contributed by atoms with Gasteiger partial charge in [-0.05, 0) is 18.6 Å². The summed E-state index contributed by atoms with van der Waals surface area (Å²) in [4.78, 5) is 4.34. The topological polar surface area (TPSA) is 68.9 Å². The van der Waals surface area contributed by atoms with Gasteiger partial charge in [0, 0.05) is 18.2 Å². The summed E-state index contributed by atoms with van der Waals surface area (Å²) in [5, 5.41) is 3.13. The van der Waals surface area contributed by atoms with Gasteiger partial charge in [0.2, 0.25) is 0 Å². The minimum atomic E-state index is 0. The van der Waals surface area contributed by atoms with E-state index in [0.717, 1.165) is 30.0 Å². The lowest BCUT2D eigenvalue weighted by Crippen LogP contribution is -2.32. The second-order valence-corrected chi connectivity index (χ2v) is 4.87. The molecule has 0 atom stereocenters. The summed E-state index contributed by atoms with van der Waals surface area (Å²) in [7, 11) is 3.27. The second kappa shape index (κ2) is 12.4. The minimum absolute atomic E-state index is 0. The normalized spacial score (nSPS) is 10.8. The van der Waals surface area contributed by atoms with Crippen molar-refractivity contribution in [3.8, 4) is 11.5 Å². The van der Waals surface area contributed by atoms with Crippen LogP contribution in [0.2, 0.25) is 0 Å². The third-order valence-corrected chi connectivity index (χ3v) is 3.25. The number of unbranched alkanes of at least 4 members (excludes halogenated alkanes) is 3. The first-order valence-corrected chi connectivity index (χ1v) is 7.46. The van der Waals surface area contributed by atoms with Gasteiger partial charge in [-0.2, -0.15) is 0 Å². The summed E-state index contributed by atoms with van der Waals surface area (Å²) in [5.41, 5.74) is 6.84. The zero-order valence-corrected chi connectivity index (χ0v) is 16.1. The fourth-order valence-electron chi connectivity index (χ4n) is 1.98. The number of halogens is 1. The number of aliphatic imine (C=N–C) groups is 1. The molecule has 6 heteroatoms. The summed E-state index contributed by atoms with van der Waals surface area (Å²) in [6.07, 6.45) is 4.85. The fraction of sp³-hybridized carbons (Fsp3) is 0.562. The molecule has 126 valence electrons. The number of guanidine groups is 1. The van der Waals surface area contributed by atoms with Gasteiger partial charge in [-0.3, -0.25) is 0 Å². The molecule has 0 aliphatic carbocycles. The van der Waals surface area contributed by atoms with Crippen molar-refractivity contribution in [1.29, 1.82) is 0 Å². The van der Waals surface area contributed by atoms with Gasteiger partial charge in [0.05, 0.1) is 20.8 Å². The van der Waals surface area contributed by atoms with Crippen molar-refractivity contribution in [3.63, 3.8) is 0 Å². The van der Waals surface area contributed by atoms with Crippen LogP contribution in [0.15, 0.2) is 23.2 Å². The van der Waals surface area contributed by atoms with E-state index < -0.39 is 0 Å². The summed E-state index contributed by atoms with van der Waals surface area (Å²) in [6, 6.07) is 5.68. The Kier molecular flexibility index (Phi) is 11.7. The highest BCUT2D eigenvalue weighted by Gasteiger charge is 2.04. The molecule has 0 heterocycles. The zero-order valence-electron chi connectivity index (χ0n) is 13.7. The number of hydrogen-bond donors (Lipinski definition) is 2. The van der Waals surface area contributed by atoms with Crippen molar-refractivity contribution in [2.75, 3.05) is 20.8 Å². The third-order valence-electron chi connectivity index (χ3n) is 3.25. The van der Waals surface area contributed by atoms with Crippen LogP contribution in [-0.2, 0) is 6.54 Å². The van der Waals surface area contributed by atoms with Gasteiger partial charge in [-0.25, -0.2) is 4.99 Å². The SMILES string of the molecule is CCCCCCNC(N)=NCc1ccc(OC)cc1OC.I. The molecule has 0 bridgehead atoms. The molecule has 1 rings (SSSR count). The lowest BCUT2D eigenvalue weighted by molar-refractivity contribution is 0.391.